The van der Waals surface area contributed by atoms with Crippen molar-refractivity contribution in [3.63, 3.8) is 0 Å². The summed E-state index contributed by atoms with van der Waals surface area (Å²) < 4.78 is 78.8. The zero-order chi connectivity index (χ0) is 30.1. The van der Waals surface area contributed by atoms with Gasteiger partial charge in [0.05, 0.1) is 19.4 Å². The Morgan fingerprint density at radius 3 is 2.37 bits per heavy atom. The predicted molar refractivity (Wildman–Crippen MR) is 146 cm³/mol. The maximum Gasteiger partial charge on any atom is 0.310 e. The molecular weight excluding hydrogens is 595 g/mol. The highest BCUT2D eigenvalue weighted by Gasteiger charge is 2.65. The molecule has 3 aromatic rings. The molecule has 0 aliphatic carbocycles. The Labute approximate surface area is 237 Å². The lowest BCUT2D eigenvalue weighted by molar-refractivity contribution is -0.303. The predicted octanol–water partition coefficient (Wildman–Crippen LogP) is 7.41. The molecule has 0 saturated heterocycles. The van der Waals surface area contributed by atoms with Gasteiger partial charge < -0.3 is 29.9 Å². The van der Waals surface area contributed by atoms with E-state index in [0.29, 0.717) is 45.5 Å². The molecule has 3 aromatic carbocycles. The first-order valence-corrected chi connectivity index (χ1v) is 14.5. The minimum absolute atomic E-state index is 0.0350. The third kappa shape index (κ3) is 7.47. The summed E-state index contributed by atoms with van der Waals surface area (Å²) >= 11 is 6.01. The van der Waals surface area contributed by atoms with Crippen LogP contribution in [-0.2, 0) is 11.2 Å². The van der Waals surface area contributed by atoms with E-state index in [2.05, 4.69) is 5.32 Å². The molecule has 0 saturated carbocycles. The van der Waals surface area contributed by atoms with Crippen molar-refractivity contribution >= 4 is 44.9 Å². The Kier molecular flexibility index (Phi) is 7.74. The number of carboxylic acids is 1. The molecule has 4 rings (SSSR count). The van der Waals surface area contributed by atoms with E-state index in [9.17, 15) is 29.3 Å². The largest absolute Gasteiger partial charge is 0.859 e. The van der Waals surface area contributed by atoms with Gasteiger partial charge in [-0.25, -0.2) is 0 Å². The molecule has 2 N–H and O–H groups in total. The third-order valence-electron chi connectivity index (χ3n) is 6.18. The fraction of sp³-hybridized carbons (Fsp3) is 0.222. The Bertz CT molecular complexity index is 1500. The minimum atomic E-state index is -9.99. The van der Waals surface area contributed by atoms with Crippen LogP contribution in [0.4, 0.5) is 30.8 Å². The van der Waals surface area contributed by atoms with E-state index in [1.807, 2.05) is 0 Å². The summed E-state index contributed by atoms with van der Waals surface area (Å²) in [4.78, 5) is 9.70. The van der Waals surface area contributed by atoms with Crippen molar-refractivity contribution in [2.24, 2.45) is 0 Å². The Morgan fingerprint density at radius 2 is 1.73 bits per heavy atom. The summed E-state index contributed by atoms with van der Waals surface area (Å²) in [6.07, 6.45) is 0.313. The number of anilines is 2. The van der Waals surface area contributed by atoms with Crippen molar-refractivity contribution in [3.05, 3.63) is 82.7 Å². The summed E-state index contributed by atoms with van der Waals surface area (Å²) in [5, 5.41) is 26.0. The molecule has 0 atom stereocenters. The number of benzene rings is 3. The molecule has 14 heteroatoms. The molecule has 7 nitrogen and oxygen atoms in total. The van der Waals surface area contributed by atoms with Gasteiger partial charge >= 0.3 is 16.2 Å². The van der Waals surface area contributed by atoms with Gasteiger partial charge in [0.2, 0.25) is 0 Å². The maximum absolute atomic E-state index is 13.8. The van der Waals surface area contributed by atoms with Crippen LogP contribution < -0.4 is 24.8 Å². The van der Waals surface area contributed by atoms with Gasteiger partial charge in [-0.3, -0.25) is 4.79 Å². The SMILES string of the molecule is COc1cc(NC(=C([O-])N2CCc3ccc(S(F)(F)(F)(F)F)cc32)c2ccc(Cl)cc2)cc(OCCCC(=O)O)c1. The monoisotopic (exact) mass is 619 g/mol. The molecule has 0 radical (unpaired) electrons. The fourth-order valence-corrected chi connectivity index (χ4v) is 5.00. The number of aliphatic carboxylic acids is 1. The minimum Gasteiger partial charge on any atom is -0.859 e. The lowest BCUT2D eigenvalue weighted by Crippen LogP contribution is -2.31. The number of nitrogens with one attached hydrogen (secondary N) is 1. The average Bonchev–Trinajstić information content (AvgIpc) is 3.32. The number of fused-ring (bicyclic) bond motifs is 1. The summed E-state index contributed by atoms with van der Waals surface area (Å²) in [6.45, 7) is 0.0530. The van der Waals surface area contributed by atoms with Crippen LogP contribution in [0.5, 0.6) is 11.5 Å². The highest BCUT2D eigenvalue weighted by molar-refractivity contribution is 8.45. The van der Waals surface area contributed by atoms with Crippen molar-refractivity contribution in [1.29, 1.82) is 0 Å². The number of hydrogen-bond acceptors (Lipinski definition) is 6. The number of halogens is 6. The second-order valence-corrected chi connectivity index (χ2v) is 12.1. The molecule has 222 valence electrons. The normalized spacial score (nSPS) is 15.3. The van der Waals surface area contributed by atoms with Crippen molar-refractivity contribution in [3.8, 4) is 11.5 Å². The molecule has 0 amide bonds. The Balaban J connectivity index is 1.75. The number of nitrogens with zero attached hydrogens (tertiary/aromatic N) is 1. The van der Waals surface area contributed by atoms with Gasteiger partial charge in [0.15, 0.2) is 0 Å². The number of carboxylic acid groups (broad SMARTS) is 1. The highest BCUT2D eigenvalue weighted by Crippen LogP contribution is 3.02. The van der Waals surface area contributed by atoms with Gasteiger partial charge in [-0.05, 0) is 54.1 Å². The summed E-state index contributed by atoms with van der Waals surface area (Å²) in [6, 6.07) is 12.3. The van der Waals surface area contributed by atoms with Gasteiger partial charge in [-0.15, -0.1) is 0 Å². The summed E-state index contributed by atoms with van der Waals surface area (Å²) in [5.41, 5.74) is 0.608. The van der Waals surface area contributed by atoms with E-state index in [1.165, 1.54) is 43.5 Å². The molecule has 0 fully saturated rings. The summed E-state index contributed by atoms with van der Waals surface area (Å²) in [7, 11) is -8.59. The van der Waals surface area contributed by atoms with Crippen molar-refractivity contribution < 1.29 is 43.9 Å². The molecule has 0 unspecified atom stereocenters. The zero-order valence-corrected chi connectivity index (χ0v) is 23.1. The molecule has 0 aromatic heterocycles. The molecule has 1 aliphatic rings. The fourth-order valence-electron chi connectivity index (χ4n) is 4.21. The van der Waals surface area contributed by atoms with Crippen LogP contribution in [0.25, 0.3) is 5.70 Å². The van der Waals surface area contributed by atoms with Crippen molar-refractivity contribution in [2.45, 2.75) is 24.2 Å². The van der Waals surface area contributed by atoms with E-state index in [1.54, 1.807) is 6.07 Å². The van der Waals surface area contributed by atoms with Gasteiger partial charge in [0, 0.05) is 47.6 Å². The lowest BCUT2D eigenvalue weighted by atomic mass is 10.1. The van der Waals surface area contributed by atoms with Crippen LogP contribution >= 0.6 is 21.8 Å². The standard InChI is InChI=1S/C27H26ClF5N2O5S/c1-39-21-13-20(14-22(15-21)40-12-2-3-25(36)37)34-26(18-4-7-19(28)8-5-18)27(38)35-11-10-17-6-9-23(16-24(17)35)41(29,30,31,32)33/h4-9,13-16,34,38H,2-3,10-12H2,1H3,(H,36,37)/p-1. The number of hydrogen-bond donors (Lipinski definition) is 2. The van der Waals surface area contributed by atoms with Crippen LogP contribution in [0.1, 0.15) is 24.0 Å². The van der Waals surface area contributed by atoms with Crippen LogP contribution in [0.2, 0.25) is 5.02 Å². The molecule has 0 bridgehead atoms. The van der Waals surface area contributed by atoms with E-state index < -0.39 is 27.0 Å². The first-order chi connectivity index (χ1) is 19.0. The smallest absolute Gasteiger partial charge is 0.310 e. The quantitative estimate of drug-likeness (QED) is 0.131. The molecule has 1 heterocycles. The van der Waals surface area contributed by atoms with E-state index in [4.69, 9.17) is 26.2 Å². The first kappa shape index (κ1) is 30.1. The molecular formula is C27H25ClF5N2O5S-. The second kappa shape index (κ2) is 10.5. The Hall–Kier alpha value is -3.84. The van der Waals surface area contributed by atoms with E-state index in [-0.39, 0.29) is 43.8 Å². The van der Waals surface area contributed by atoms with Crippen molar-refractivity contribution in [1.82, 2.24) is 0 Å². The van der Waals surface area contributed by atoms with Crippen LogP contribution in [0.15, 0.2) is 71.4 Å². The Morgan fingerprint density at radius 1 is 1.05 bits per heavy atom. The number of methoxy groups -OCH3 is 1. The summed E-state index contributed by atoms with van der Waals surface area (Å²) in [5.74, 6) is -1.11. The molecule has 1 aliphatic heterocycles. The number of carbonyl (C=O) groups is 1. The number of rotatable bonds is 11. The van der Waals surface area contributed by atoms with Crippen LogP contribution in [-0.4, -0.2) is 31.3 Å². The van der Waals surface area contributed by atoms with E-state index in [0.717, 1.165) is 11.0 Å². The van der Waals surface area contributed by atoms with Crippen LogP contribution in [0, 0.1) is 0 Å². The zero-order valence-electron chi connectivity index (χ0n) is 21.5. The van der Waals surface area contributed by atoms with Gasteiger partial charge in [-0.2, -0.15) is 0 Å². The third-order valence-corrected chi connectivity index (χ3v) is 7.58. The molecule has 0 spiro atoms. The average molecular weight is 620 g/mol. The highest BCUT2D eigenvalue weighted by atomic mass is 35.5. The van der Waals surface area contributed by atoms with Gasteiger partial charge in [0.1, 0.15) is 16.4 Å². The molecule has 41 heavy (non-hydrogen) atoms. The maximum atomic E-state index is 13.8. The van der Waals surface area contributed by atoms with Crippen molar-refractivity contribution in [2.75, 3.05) is 30.5 Å². The first-order valence-electron chi connectivity index (χ1n) is 12.2. The van der Waals surface area contributed by atoms with Gasteiger partial charge in [-0.1, -0.05) is 49.2 Å². The topological polar surface area (TPSA) is 94.1 Å². The van der Waals surface area contributed by atoms with E-state index >= 15 is 0 Å². The number of ether oxygens (including phenoxy) is 2. The lowest BCUT2D eigenvalue weighted by Gasteiger charge is -2.41. The van der Waals surface area contributed by atoms with Crippen LogP contribution in [0.3, 0.4) is 0 Å². The second-order valence-electron chi connectivity index (χ2n) is 9.22. The van der Waals surface area contributed by atoms with Gasteiger partial charge in [0.25, 0.3) is 0 Å².